The summed E-state index contributed by atoms with van der Waals surface area (Å²) in [6.45, 7) is 5.26. The second-order valence-corrected chi connectivity index (χ2v) is 5.00. The van der Waals surface area contributed by atoms with E-state index in [2.05, 4.69) is 12.2 Å². The number of hydrogen-bond acceptors (Lipinski definition) is 3. The summed E-state index contributed by atoms with van der Waals surface area (Å²) in [7, 11) is 0. The number of rotatable bonds is 9. The van der Waals surface area contributed by atoms with E-state index in [4.69, 9.17) is 9.84 Å². The number of aryl methyl sites for hydroxylation is 1. The molecule has 1 atom stereocenters. The Hall–Kier alpha value is -1.55. The fourth-order valence-electron chi connectivity index (χ4n) is 1.88. The van der Waals surface area contributed by atoms with Gasteiger partial charge in [0.1, 0.15) is 5.75 Å². The van der Waals surface area contributed by atoms with Crippen LogP contribution in [0.4, 0.5) is 0 Å². The van der Waals surface area contributed by atoms with Crippen molar-refractivity contribution in [3.8, 4) is 5.75 Å². The predicted molar refractivity (Wildman–Crippen MR) is 79.8 cm³/mol. The first kappa shape index (κ1) is 16.5. The lowest BCUT2D eigenvalue weighted by molar-refractivity contribution is -0.121. The molecule has 0 heterocycles. The fraction of sp³-hybridized carbons (Fsp3) is 0.562. The van der Waals surface area contributed by atoms with Crippen molar-refractivity contribution >= 4 is 5.91 Å². The van der Waals surface area contributed by atoms with Gasteiger partial charge in [-0.2, -0.15) is 0 Å². The average Bonchev–Trinajstić information content (AvgIpc) is 2.45. The average molecular weight is 279 g/mol. The molecule has 20 heavy (non-hydrogen) atoms. The molecule has 0 aliphatic heterocycles. The van der Waals surface area contributed by atoms with Crippen molar-refractivity contribution in [2.75, 3.05) is 19.8 Å². The molecule has 0 saturated heterocycles. The molecule has 1 unspecified atom stereocenters. The van der Waals surface area contributed by atoms with Gasteiger partial charge in [0.05, 0.1) is 13.0 Å². The fourth-order valence-corrected chi connectivity index (χ4v) is 1.88. The minimum absolute atomic E-state index is 0.00602. The summed E-state index contributed by atoms with van der Waals surface area (Å²) in [4.78, 5) is 11.7. The molecule has 1 rings (SSSR count). The third-order valence-corrected chi connectivity index (χ3v) is 3.32. The maximum atomic E-state index is 11.7. The second-order valence-electron chi connectivity index (χ2n) is 5.00. The molecule has 1 aromatic carbocycles. The molecule has 1 amide bonds. The Labute approximate surface area is 121 Å². The molecule has 0 aliphatic rings. The molecule has 4 nitrogen and oxygen atoms in total. The molecule has 4 heteroatoms. The highest BCUT2D eigenvalue weighted by Gasteiger charge is 2.08. The molecule has 0 fully saturated rings. The molecular weight excluding hydrogens is 254 g/mol. The Morgan fingerprint density at radius 3 is 2.65 bits per heavy atom. The monoisotopic (exact) mass is 279 g/mol. The normalized spacial score (nSPS) is 11.9. The van der Waals surface area contributed by atoms with Gasteiger partial charge >= 0.3 is 0 Å². The lowest BCUT2D eigenvalue weighted by atomic mass is 10.0. The molecule has 0 aliphatic carbocycles. The zero-order valence-electron chi connectivity index (χ0n) is 12.4. The zero-order chi connectivity index (χ0) is 14.8. The van der Waals surface area contributed by atoms with Crippen molar-refractivity contribution in [1.82, 2.24) is 5.32 Å². The van der Waals surface area contributed by atoms with Crippen LogP contribution in [0.2, 0.25) is 0 Å². The van der Waals surface area contributed by atoms with Gasteiger partial charge in [0.25, 0.3) is 0 Å². The van der Waals surface area contributed by atoms with Crippen LogP contribution in [-0.4, -0.2) is 30.8 Å². The number of benzene rings is 1. The maximum Gasteiger partial charge on any atom is 0.223 e. The van der Waals surface area contributed by atoms with Crippen molar-refractivity contribution in [2.24, 2.45) is 5.92 Å². The van der Waals surface area contributed by atoms with Crippen LogP contribution in [0.1, 0.15) is 31.7 Å². The van der Waals surface area contributed by atoms with Gasteiger partial charge in [-0.25, -0.2) is 0 Å². The first-order valence-corrected chi connectivity index (χ1v) is 7.22. The van der Waals surface area contributed by atoms with Crippen LogP contribution in [0.15, 0.2) is 24.3 Å². The molecule has 0 aromatic heterocycles. The number of nitrogens with one attached hydrogen (secondary N) is 1. The Morgan fingerprint density at radius 1 is 1.35 bits per heavy atom. The highest BCUT2D eigenvalue weighted by Crippen LogP contribution is 2.11. The van der Waals surface area contributed by atoms with Crippen LogP contribution in [0.25, 0.3) is 0 Å². The van der Waals surface area contributed by atoms with E-state index >= 15 is 0 Å². The predicted octanol–water partition coefficient (Wildman–Crippen LogP) is 2.29. The van der Waals surface area contributed by atoms with Crippen molar-refractivity contribution in [2.45, 2.75) is 33.1 Å². The Morgan fingerprint density at radius 2 is 2.05 bits per heavy atom. The first-order valence-electron chi connectivity index (χ1n) is 7.22. The quantitative estimate of drug-likeness (QED) is 0.729. The molecular formula is C16H25NO3. The van der Waals surface area contributed by atoms with Crippen molar-refractivity contribution in [1.29, 1.82) is 0 Å². The van der Waals surface area contributed by atoms with E-state index in [9.17, 15) is 4.79 Å². The van der Waals surface area contributed by atoms with Gasteiger partial charge in [0.15, 0.2) is 0 Å². The van der Waals surface area contributed by atoms with Gasteiger partial charge in [-0.1, -0.05) is 31.0 Å². The van der Waals surface area contributed by atoms with Gasteiger partial charge < -0.3 is 15.2 Å². The maximum absolute atomic E-state index is 11.7. The van der Waals surface area contributed by atoms with Gasteiger partial charge in [0, 0.05) is 13.2 Å². The third kappa shape index (κ3) is 6.57. The van der Waals surface area contributed by atoms with Crippen LogP contribution < -0.4 is 10.1 Å². The van der Waals surface area contributed by atoms with Crippen molar-refractivity contribution < 1.29 is 14.6 Å². The highest BCUT2D eigenvalue weighted by molar-refractivity contribution is 5.75. The SMILES string of the molecule is CCC(CCO)CNC(=O)CCOc1ccc(C)cc1. The van der Waals surface area contributed by atoms with Crippen molar-refractivity contribution in [3.63, 3.8) is 0 Å². The minimum Gasteiger partial charge on any atom is -0.493 e. The highest BCUT2D eigenvalue weighted by atomic mass is 16.5. The van der Waals surface area contributed by atoms with E-state index in [1.807, 2.05) is 31.2 Å². The number of amides is 1. The number of carbonyl (C=O) groups is 1. The van der Waals surface area contributed by atoms with Crippen LogP contribution in [-0.2, 0) is 4.79 Å². The van der Waals surface area contributed by atoms with Crippen molar-refractivity contribution in [3.05, 3.63) is 29.8 Å². The first-order chi connectivity index (χ1) is 9.65. The van der Waals surface area contributed by atoms with E-state index < -0.39 is 0 Å². The van der Waals surface area contributed by atoms with Crippen LogP contribution >= 0.6 is 0 Å². The lowest BCUT2D eigenvalue weighted by Gasteiger charge is -2.14. The van der Waals surface area contributed by atoms with Gasteiger partial charge in [-0.15, -0.1) is 0 Å². The summed E-state index contributed by atoms with van der Waals surface area (Å²) in [6.07, 6.45) is 2.04. The zero-order valence-corrected chi connectivity index (χ0v) is 12.4. The van der Waals surface area contributed by atoms with Crippen LogP contribution in [0.5, 0.6) is 5.75 Å². The van der Waals surface area contributed by atoms with E-state index in [0.717, 1.165) is 18.6 Å². The summed E-state index contributed by atoms with van der Waals surface area (Å²) in [6, 6.07) is 7.77. The number of ether oxygens (including phenoxy) is 1. The smallest absolute Gasteiger partial charge is 0.223 e. The van der Waals surface area contributed by atoms with Gasteiger partial charge in [-0.05, 0) is 31.4 Å². The standard InChI is InChI=1S/C16H25NO3/c1-3-14(8-10-18)12-17-16(19)9-11-20-15-6-4-13(2)5-7-15/h4-7,14,18H,3,8-12H2,1-2H3,(H,17,19). The third-order valence-electron chi connectivity index (χ3n) is 3.32. The topological polar surface area (TPSA) is 58.6 Å². The number of carbonyl (C=O) groups excluding carboxylic acids is 1. The summed E-state index contributed by atoms with van der Waals surface area (Å²) in [5, 5.41) is 11.8. The summed E-state index contributed by atoms with van der Waals surface area (Å²) in [5.74, 6) is 1.13. The summed E-state index contributed by atoms with van der Waals surface area (Å²) >= 11 is 0. The molecule has 0 radical (unpaired) electrons. The Bertz CT molecular complexity index is 389. The van der Waals surface area contributed by atoms with E-state index in [1.165, 1.54) is 5.56 Å². The molecule has 112 valence electrons. The van der Waals surface area contributed by atoms with Crippen LogP contribution in [0.3, 0.4) is 0 Å². The summed E-state index contributed by atoms with van der Waals surface area (Å²) in [5.41, 5.74) is 1.18. The van der Waals surface area contributed by atoms with E-state index in [-0.39, 0.29) is 12.5 Å². The largest absolute Gasteiger partial charge is 0.493 e. The number of hydrogen-bond donors (Lipinski definition) is 2. The molecule has 2 N–H and O–H groups in total. The molecule has 1 aromatic rings. The lowest BCUT2D eigenvalue weighted by Crippen LogP contribution is -2.30. The summed E-state index contributed by atoms with van der Waals surface area (Å²) < 4.78 is 5.51. The van der Waals surface area contributed by atoms with E-state index in [1.54, 1.807) is 0 Å². The minimum atomic E-state index is -0.00602. The van der Waals surface area contributed by atoms with Gasteiger partial charge in [0.2, 0.25) is 5.91 Å². The molecule has 0 saturated carbocycles. The van der Waals surface area contributed by atoms with Gasteiger partial charge in [-0.3, -0.25) is 4.79 Å². The van der Waals surface area contributed by atoms with Crippen LogP contribution in [0, 0.1) is 12.8 Å². The number of aliphatic hydroxyl groups excluding tert-OH is 1. The molecule has 0 spiro atoms. The van der Waals surface area contributed by atoms with E-state index in [0.29, 0.717) is 25.5 Å². The number of aliphatic hydroxyl groups is 1. The second kappa shape index (κ2) is 9.37. The Balaban J connectivity index is 2.18. The molecule has 0 bridgehead atoms. The Kier molecular flexibility index (Phi) is 7.73.